The van der Waals surface area contributed by atoms with Gasteiger partial charge in [-0.1, -0.05) is 6.07 Å². The quantitative estimate of drug-likeness (QED) is 0.857. The monoisotopic (exact) mass is 339 g/mol. The highest BCUT2D eigenvalue weighted by atomic mass is 16.7. The second-order valence-electron chi connectivity index (χ2n) is 6.45. The van der Waals surface area contributed by atoms with E-state index in [-0.39, 0.29) is 5.91 Å². The summed E-state index contributed by atoms with van der Waals surface area (Å²) in [7, 11) is 0. The summed E-state index contributed by atoms with van der Waals surface area (Å²) in [6, 6.07) is 7.88. The number of amides is 1. The second-order valence-corrected chi connectivity index (χ2v) is 6.45. The number of pyridine rings is 1. The number of ether oxygens (including phenoxy) is 2. The molecule has 0 atom stereocenters. The Kier molecular flexibility index (Phi) is 4.28. The Morgan fingerprint density at radius 3 is 2.72 bits per heavy atom. The molecule has 1 aromatic heterocycles. The second kappa shape index (κ2) is 6.72. The maximum absolute atomic E-state index is 12.7. The standard InChI is InChI=1S/C19H21N3O3/c1-14-11-20-5-4-16(14)19(23)22-8-6-21(7-9-22)12-15-2-3-17-18(10-15)25-13-24-17/h2-5,10-11H,6-9,12-13H2,1H3. The molecule has 2 aliphatic heterocycles. The van der Waals surface area contributed by atoms with Crippen molar-refractivity contribution in [3.8, 4) is 11.5 Å². The van der Waals surface area contributed by atoms with E-state index in [9.17, 15) is 4.79 Å². The van der Waals surface area contributed by atoms with E-state index in [1.807, 2.05) is 24.0 Å². The number of piperazine rings is 1. The first kappa shape index (κ1) is 15.9. The summed E-state index contributed by atoms with van der Waals surface area (Å²) in [5.74, 6) is 1.73. The molecule has 0 bridgehead atoms. The Bertz CT molecular complexity index is 785. The van der Waals surface area contributed by atoms with Crippen LogP contribution in [0.1, 0.15) is 21.5 Å². The SMILES string of the molecule is Cc1cnccc1C(=O)N1CCN(Cc2ccc3c(c2)OCO3)CC1. The third-order valence-corrected chi connectivity index (χ3v) is 4.75. The molecule has 4 rings (SSSR count). The summed E-state index contributed by atoms with van der Waals surface area (Å²) in [4.78, 5) is 21.0. The zero-order chi connectivity index (χ0) is 17.2. The molecule has 3 heterocycles. The first-order chi connectivity index (χ1) is 12.2. The number of carbonyl (C=O) groups is 1. The molecule has 0 spiro atoms. The molecule has 130 valence electrons. The number of fused-ring (bicyclic) bond motifs is 1. The normalized spacial score (nSPS) is 16.9. The molecule has 0 unspecified atom stereocenters. The van der Waals surface area contributed by atoms with Crippen molar-refractivity contribution in [3.63, 3.8) is 0 Å². The fraction of sp³-hybridized carbons (Fsp3) is 0.368. The number of carbonyl (C=O) groups excluding carboxylic acids is 1. The van der Waals surface area contributed by atoms with E-state index >= 15 is 0 Å². The predicted octanol–water partition coefficient (Wildman–Crippen LogP) is 2.08. The number of aryl methyl sites for hydroxylation is 1. The highest BCUT2D eigenvalue weighted by Gasteiger charge is 2.23. The molecule has 0 N–H and O–H groups in total. The van der Waals surface area contributed by atoms with Crippen molar-refractivity contribution >= 4 is 5.91 Å². The Balaban J connectivity index is 1.35. The van der Waals surface area contributed by atoms with E-state index in [4.69, 9.17) is 9.47 Å². The van der Waals surface area contributed by atoms with Crippen molar-refractivity contribution in [2.75, 3.05) is 33.0 Å². The molecule has 1 saturated heterocycles. The fourth-order valence-electron chi connectivity index (χ4n) is 3.29. The van der Waals surface area contributed by atoms with Crippen molar-refractivity contribution in [1.29, 1.82) is 0 Å². The number of benzene rings is 1. The Labute approximate surface area is 147 Å². The van der Waals surface area contributed by atoms with Crippen molar-refractivity contribution in [2.45, 2.75) is 13.5 Å². The van der Waals surface area contributed by atoms with E-state index < -0.39 is 0 Å². The summed E-state index contributed by atoms with van der Waals surface area (Å²) in [5.41, 5.74) is 2.88. The van der Waals surface area contributed by atoms with Gasteiger partial charge in [-0.3, -0.25) is 14.7 Å². The molecule has 1 fully saturated rings. The summed E-state index contributed by atoms with van der Waals surface area (Å²) in [6.07, 6.45) is 3.42. The van der Waals surface area contributed by atoms with Crippen LogP contribution in [0.2, 0.25) is 0 Å². The molecule has 1 aromatic carbocycles. The van der Waals surface area contributed by atoms with Crippen LogP contribution in [0.4, 0.5) is 0 Å². The maximum atomic E-state index is 12.7. The lowest BCUT2D eigenvalue weighted by molar-refractivity contribution is 0.0627. The van der Waals surface area contributed by atoms with Gasteiger partial charge < -0.3 is 14.4 Å². The molecule has 0 aliphatic carbocycles. The third kappa shape index (κ3) is 3.30. The molecular formula is C19H21N3O3. The summed E-state index contributed by atoms with van der Waals surface area (Å²) < 4.78 is 10.8. The Morgan fingerprint density at radius 2 is 1.92 bits per heavy atom. The van der Waals surface area contributed by atoms with Gasteiger partial charge in [-0.25, -0.2) is 0 Å². The molecule has 6 nitrogen and oxygen atoms in total. The van der Waals surface area contributed by atoms with Crippen LogP contribution in [-0.2, 0) is 6.54 Å². The minimum atomic E-state index is 0.0997. The lowest BCUT2D eigenvalue weighted by Crippen LogP contribution is -2.48. The number of nitrogens with zero attached hydrogens (tertiary/aromatic N) is 3. The number of aromatic nitrogens is 1. The van der Waals surface area contributed by atoms with Crippen LogP contribution < -0.4 is 9.47 Å². The van der Waals surface area contributed by atoms with E-state index in [2.05, 4.69) is 16.0 Å². The Morgan fingerprint density at radius 1 is 1.12 bits per heavy atom. The molecule has 1 amide bonds. The van der Waals surface area contributed by atoms with Gasteiger partial charge in [0.2, 0.25) is 6.79 Å². The van der Waals surface area contributed by atoms with Gasteiger partial charge >= 0.3 is 0 Å². The summed E-state index contributed by atoms with van der Waals surface area (Å²) in [6.45, 7) is 6.29. The van der Waals surface area contributed by atoms with E-state index in [0.717, 1.165) is 55.3 Å². The van der Waals surface area contributed by atoms with Gasteiger partial charge in [-0.15, -0.1) is 0 Å². The average molecular weight is 339 g/mol. The Hall–Kier alpha value is -2.60. The number of hydrogen-bond donors (Lipinski definition) is 0. The van der Waals surface area contributed by atoms with E-state index in [1.54, 1.807) is 18.5 Å². The molecule has 0 saturated carbocycles. The predicted molar refractivity (Wildman–Crippen MR) is 92.7 cm³/mol. The highest BCUT2D eigenvalue weighted by molar-refractivity contribution is 5.95. The van der Waals surface area contributed by atoms with Gasteiger partial charge in [0.25, 0.3) is 5.91 Å². The minimum Gasteiger partial charge on any atom is -0.454 e. The smallest absolute Gasteiger partial charge is 0.254 e. The lowest BCUT2D eigenvalue weighted by atomic mass is 10.1. The van der Waals surface area contributed by atoms with Gasteiger partial charge in [0.15, 0.2) is 11.5 Å². The fourth-order valence-corrected chi connectivity index (χ4v) is 3.29. The number of hydrogen-bond acceptors (Lipinski definition) is 5. The van der Waals surface area contributed by atoms with Crippen LogP contribution in [0.5, 0.6) is 11.5 Å². The molecule has 2 aromatic rings. The number of rotatable bonds is 3. The van der Waals surface area contributed by atoms with E-state index in [1.165, 1.54) is 5.56 Å². The summed E-state index contributed by atoms with van der Waals surface area (Å²) >= 11 is 0. The minimum absolute atomic E-state index is 0.0997. The average Bonchev–Trinajstić information content (AvgIpc) is 3.10. The molecule has 0 radical (unpaired) electrons. The maximum Gasteiger partial charge on any atom is 0.254 e. The lowest BCUT2D eigenvalue weighted by Gasteiger charge is -2.35. The highest BCUT2D eigenvalue weighted by Crippen LogP contribution is 2.32. The molecule has 6 heteroatoms. The molecule has 2 aliphatic rings. The third-order valence-electron chi connectivity index (χ3n) is 4.75. The topological polar surface area (TPSA) is 54.9 Å². The van der Waals surface area contributed by atoms with Gasteiger partial charge in [0, 0.05) is 50.7 Å². The first-order valence-corrected chi connectivity index (χ1v) is 8.51. The molecule has 25 heavy (non-hydrogen) atoms. The van der Waals surface area contributed by atoms with E-state index in [0.29, 0.717) is 6.79 Å². The molecular weight excluding hydrogens is 318 g/mol. The van der Waals surface area contributed by atoms with Crippen LogP contribution in [0.25, 0.3) is 0 Å². The van der Waals surface area contributed by atoms with Gasteiger partial charge in [-0.05, 0) is 36.2 Å². The zero-order valence-corrected chi connectivity index (χ0v) is 14.3. The van der Waals surface area contributed by atoms with Crippen molar-refractivity contribution in [2.24, 2.45) is 0 Å². The first-order valence-electron chi connectivity index (χ1n) is 8.51. The van der Waals surface area contributed by atoms with Crippen LogP contribution in [0.3, 0.4) is 0 Å². The van der Waals surface area contributed by atoms with Crippen LogP contribution >= 0.6 is 0 Å². The van der Waals surface area contributed by atoms with Gasteiger partial charge in [-0.2, -0.15) is 0 Å². The van der Waals surface area contributed by atoms with Crippen LogP contribution in [-0.4, -0.2) is 53.7 Å². The van der Waals surface area contributed by atoms with Crippen LogP contribution in [0.15, 0.2) is 36.7 Å². The largest absolute Gasteiger partial charge is 0.454 e. The summed E-state index contributed by atoms with van der Waals surface area (Å²) in [5, 5.41) is 0. The van der Waals surface area contributed by atoms with Crippen LogP contribution in [0, 0.1) is 6.92 Å². The van der Waals surface area contributed by atoms with Crippen molar-refractivity contribution in [1.82, 2.24) is 14.8 Å². The van der Waals surface area contributed by atoms with Gasteiger partial charge in [0.05, 0.1) is 0 Å². The van der Waals surface area contributed by atoms with Crippen molar-refractivity contribution < 1.29 is 14.3 Å². The van der Waals surface area contributed by atoms with Gasteiger partial charge in [0.1, 0.15) is 0 Å². The van der Waals surface area contributed by atoms with Crippen molar-refractivity contribution in [3.05, 3.63) is 53.3 Å². The zero-order valence-electron chi connectivity index (χ0n) is 14.3.